The van der Waals surface area contributed by atoms with Crippen LogP contribution >= 0.6 is 0 Å². The van der Waals surface area contributed by atoms with Crippen molar-refractivity contribution in [3.8, 4) is 0 Å². The van der Waals surface area contributed by atoms with Gasteiger partial charge in [-0.3, -0.25) is 4.90 Å². The molecule has 2 heterocycles. The van der Waals surface area contributed by atoms with Crippen LogP contribution in [0.2, 0.25) is 0 Å². The first-order valence-electron chi connectivity index (χ1n) is 8.10. The zero-order chi connectivity index (χ0) is 14.5. The number of aliphatic hydroxyl groups excluding tert-OH is 1. The average molecular weight is 291 g/mol. The largest absolute Gasteiger partial charge is 0.395 e. The van der Waals surface area contributed by atoms with Crippen molar-refractivity contribution in [2.75, 3.05) is 26.4 Å². The second-order valence-corrected chi connectivity index (χ2v) is 6.17. The van der Waals surface area contributed by atoms with Crippen LogP contribution in [0, 0.1) is 0 Å². The smallest absolute Gasteiger partial charge is 0.131 e. The number of nitrogens with zero attached hydrogens (tertiary/aromatic N) is 3. The molecular formula is C16H25N3O2. The number of aromatic nitrogens is 2. The number of rotatable bonds is 4. The van der Waals surface area contributed by atoms with Crippen LogP contribution in [-0.4, -0.2) is 52.4 Å². The maximum absolute atomic E-state index is 9.40. The normalized spacial score (nSPS) is 25.1. The van der Waals surface area contributed by atoms with E-state index in [9.17, 15) is 5.11 Å². The van der Waals surface area contributed by atoms with Gasteiger partial charge < -0.3 is 9.84 Å². The third-order valence-corrected chi connectivity index (χ3v) is 4.64. The van der Waals surface area contributed by atoms with E-state index in [4.69, 9.17) is 4.74 Å². The first-order chi connectivity index (χ1) is 10.4. The quantitative estimate of drug-likeness (QED) is 0.915. The topological polar surface area (TPSA) is 58.5 Å². The number of aliphatic hydroxyl groups is 1. The minimum atomic E-state index is 0.0942. The van der Waals surface area contributed by atoms with Gasteiger partial charge in [-0.1, -0.05) is 19.3 Å². The molecule has 0 unspecified atom stereocenters. The lowest BCUT2D eigenvalue weighted by Gasteiger charge is -2.34. The Kier molecular flexibility index (Phi) is 5.17. The Morgan fingerprint density at radius 1 is 1.19 bits per heavy atom. The maximum Gasteiger partial charge on any atom is 0.131 e. The van der Waals surface area contributed by atoms with Gasteiger partial charge in [0.25, 0.3) is 0 Å². The fraction of sp³-hybridized carbons (Fsp3) is 0.750. The Morgan fingerprint density at radius 2 is 1.95 bits per heavy atom. The van der Waals surface area contributed by atoms with Gasteiger partial charge >= 0.3 is 0 Å². The molecule has 3 rings (SSSR count). The molecule has 0 amide bonds. The number of morpholine rings is 1. The first-order valence-corrected chi connectivity index (χ1v) is 8.10. The molecule has 1 aliphatic carbocycles. The molecule has 1 aliphatic heterocycles. The molecule has 1 aromatic rings. The molecule has 5 nitrogen and oxygen atoms in total. The second-order valence-electron chi connectivity index (χ2n) is 6.17. The fourth-order valence-electron chi connectivity index (χ4n) is 3.32. The van der Waals surface area contributed by atoms with Crippen LogP contribution in [0.1, 0.15) is 49.4 Å². The van der Waals surface area contributed by atoms with E-state index in [-0.39, 0.29) is 12.6 Å². The average Bonchev–Trinajstić information content (AvgIpc) is 2.57. The lowest BCUT2D eigenvalue weighted by atomic mass is 9.89. The maximum atomic E-state index is 9.40. The molecule has 0 spiro atoms. The summed E-state index contributed by atoms with van der Waals surface area (Å²) < 4.78 is 5.41. The Labute approximate surface area is 126 Å². The van der Waals surface area contributed by atoms with E-state index in [1.165, 1.54) is 32.1 Å². The van der Waals surface area contributed by atoms with Crippen LogP contribution in [0.3, 0.4) is 0 Å². The summed E-state index contributed by atoms with van der Waals surface area (Å²) in [5.74, 6) is 1.57. The van der Waals surface area contributed by atoms with E-state index in [1.54, 1.807) is 0 Å². The van der Waals surface area contributed by atoms with E-state index in [1.807, 2.05) is 12.4 Å². The molecule has 1 saturated carbocycles. The summed E-state index contributed by atoms with van der Waals surface area (Å²) in [5, 5.41) is 9.40. The van der Waals surface area contributed by atoms with Gasteiger partial charge in [-0.2, -0.15) is 0 Å². The zero-order valence-corrected chi connectivity index (χ0v) is 12.6. The van der Waals surface area contributed by atoms with E-state index < -0.39 is 0 Å². The Balaban J connectivity index is 1.61. The van der Waals surface area contributed by atoms with Gasteiger partial charge in [0.2, 0.25) is 0 Å². The molecule has 1 aromatic heterocycles. The molecule has 0 aromatic carbocycles. The first kappa shape index (κ1) is 14.9. The molecule has 2 fully saturated rings. The molecule has 21 heavy (non-hydrogen) atoms. The highest BCUT2D eigenvalue weighted by Gasteiger charge is 2.23. The van der Waals surface area contributed by atoms with Gasteiger partial charge in [0, 0.05) is 37.0 Å². The van der Waals surface area contributed by atoms with Gasteiger partial charge in [0.1, 0.15) is 5.82 Å². The second kappa shape index (κ2) is 7.29. The highest BCUT2D eigenvalue weighted by molar-refractivity contribution is 5.08. The number of hydrogen-bond donors (Lipinski definition) is 1. The number of hydrogen-bond acceptors (Lipinski definition) is 5. The highest BCUT2D eigenvalue weighted by atomic mass is 16.5. The van der Waals surface area contributed by atoms with Crippen molar-refractivity contribution in [2.45, 2.75) is 50.6 Å². The van der Waals surface area contributed by atoms with Crippen LogP contribution in [-0.2, 0) is 11.3 Å². The fourth-order valence-corrected chi connectivity index (χ4v) is 3.32. The van der Waals surface area contributed by atoms with Crippen molar-refractivity contribution in [1.29, 1.82) is 0 Å². The van der Waals surface area contributed by atoms with Crippen molar-refractivity contribution in [2.24, 2.45) is 0 Å². The van der Waals surface area contributed by atoms with Crippen molar-refractivity contribution in [3.63, 3.8) is 0 Å². The Bertz CT molecular complexity index is 432. The third kappa shape index (κ3) is 3.78. The molecule has 2 aliphatic rings. The van der Waals surface area contributed by atoms with E-state index in [2.05, 4.69) is 14.9 Å². The minimum Gasteiger partial charge on any atom is -0.395 e. The minimum absolute atomic E-state index is 0.0942. The molecule has 0 bridgehead atoms. The molecule has 0 radical (unpaired) electrons. The van der Waals surface area contributed by atoms with E-state index in [0.29, 0.717) is 12.5 Å². The van der Waals surface area contributed by atoms with Crippen molar-refractivity contribution < 1.29 is 9.84 Å². The van der Waals surface area contributed by atoms with Crippen LogP contribution in [0.15, 0.2) is 12.4 Å². The summed E-state index contributed by atoms with van der Waals surface area (Å²) >= 11 is 0. The summed E-state index contributed by atoms with van der Waals surface area (Å²) in [5.41, 5.74) is 1.12. The SMILES string of the molecule is OC[C@H]1COCCN1Cc1cnc(C2CCCCC2)nc1. The van der Waals surface area contributed by atoms with Crippen LogP contribution < -0.4 is 0 Å². The summed E-state index contributed by atoms with van der Waals surface area (Å²) in [4.78, 5) is 11.4. The molecule has 5 heteroatoms. The van der Waals surface area contributed by atoms with E-state index in [0.717, 1.165) is 31.1 Å². The van der Waals surface area contributed by atoms with E-state index >= 15 is 0 Å². The lowest BCUT2D eigenvalue weighted by molar-refractivity contribution is -0.0313. The standard InChI is InChI=1S/C16H25N3O2/c20-11-15-12-21-7-6-19(15)10-13-8-17-16(18-9-13)14-4-2-1-3-5-14/h8-9,14-15,20H,1-7,10-12H2/t15-/m0/s1. The summed E-state index contributed by atoms with van der Waals surface area (Å²) in [6, 6.07) is 0.0942. The number of ether oxygens (including phenoxy) is 1. The van der Waals surface area contributed by atoms with Crippen LogP contribution in [0.25, 0.3) is 0 Å². The zero-order valence-electron chi connectivity index (χ0n) is 12.6. The Hall–Kier alpha value is -1.04. The molecule has 1 saturated heterocycles. The molecule has 1 N–H and O–H groups in total. The lowest BCUT2D eigenvalue weighted by Crippen LogP contribution is -2.46. The third-order valence-electron chi connectivity index (χ3n) is 4.64. The summed E-state index contributed by atoms with van der Waals surface area (Å²) in [6.07, 6.45) is 10.4. The highest BCUT2D eigenvalue weighted by Crippen LogP contribution is 2.30. The van der Waals surface area contributed by atoms with Gasteiger partial charge in [-0.15, -0.1) is 0 Å². The predicted molar refractivity (Wildman–Crippen MR) is 80.0 cm³/mol. The predicted octanol–water partition coefficient (Wildman–Crippen LogP) is 1.72. The summed E-state index contributed by atoms with van der Waals surface area (Å²) in [6.45, 7) is 3.13. The van der Waals surface area contributed by atoms with Crippen molar-refractivity contribution >= 4 is 0 Å². The summed E-state index contributed by atoms with van der Waals surface area (Å²) in [7, 11) is 0. The Morgan fingerprint density at radius 3 is 2.67 bits per heavy atom. The van der Waals surface area contributed by atoms with Crippen molar-refractivity contribution in [1.82, 2.24) is 14.9 Å². The van der Waals surface area contributed by atoms with Crippen molar-refractivity contribution in [3.05, 3.63) is 23.8 Å². The van der Waals surface area contributed by atoms with Gasteiger partial charge in [0.15, 0.2) is 0 Å². The van der Waals surface area contributed by atoms with Crippen LogP contribution in [0.4, 0.5) is 0 Å². The van der Waals surface area contributed by atoms with Gasteiger partial charge in [-0.25, -0.2) is 9.97 Å². The molecule has 116 valence electrons. The molecule has 1 atom stereocenters. The van der Waals surface area contributed by atoms with Crippen LogP contribution in [0.5, 0.6) is 0 Å². The monoisotopic (exact) mass is 291 g/mol. The van der Waals surface area contributed by atoms with Gasteiger partial charge in [0.05, 0.1) is 25.9 Å². The molecular weight excluding hydrogens is 266 g/mol. The van der Waals surface area contributed by atoms with Gasteiger partial charge in [-0.05, 0) is 12.8 Å².